The molecule has 1 atom stereocenters. The van der Waals surface area contributed by atoms with Gasteiger partial charge in [-0.05, 0) is 25.2 Å². The van der Waals surface area contributed by atoms with Gasteiger partial charge < -0.3 is 10.4 Å². The van der Waals surface area contributed by atoms with E-state index in [-0.39, 0.29) is 17.9 Å². The molecule has 0 spiro atoms. The molecule has 20 heavy (non-hydrogen) atoms. The van der Waals surface area contributed by atoms with Gasteiger partial charge in [-0.25, -0.2) is 0 Å². The van der Waals surface area contributed by atoms with Gasteiger partial charge in [0.25, 0.3) is 5.91 Å². The number of nitrogens with one attached hydrogen (secondary N) is 1. The van der Waals surface area contributed by atoms with E-state index in [0.717, 1.165) is 12.2 Å². The first-order chi connectivity index (χ1) is 9.32. The van der Waals surface area contributed by atoms with Gasteiger partial charge >= 0.3 is 0 Å². The summed E-state index contributed by atoms with van der Waals surface area (Å²) in [5.41, 5.74) is 1.50. The minimum atomic E-state index is -0.375. The van der Waals surface area contributed by atoms with Gasteiger partial charge in [0.05, 0.1) is 17.9 Å². The van der Waals surface area contributed by atoms with Crippen LogP contribution in [-0.2, 0) is 6.54 Å². The van der Waals surface area contributed by atoms with Crippen LogP contribution in [0.1, 0.15) is 50.2 Å². The number of aromatic nitrogens is 2. The molecule has 5 heteroatoms. The quantitative estimate of drug-likeness (QED) is 0.803. The van der Waals surface area contributed by atoms with Gasteiger partial charge in [0.15, 0.2) is 0 Å². The van der Waals surface area contributed by atoms with Gasteiger partial charge in [0.2, 0.25) is 0 Å². The lowest BCUT2D eigenvalue weighted by Gasteiger charge is -2.14. The summed E-state index contributed by atoms with van der Waals surface area (Å²) in [7, 11) is 0. The highest BCUT2D eigenvalue weighted by Crippen LogP contribution is 2.10. The summed E-state index contributed by atoms with van der Waals surface area (Å²) in [5.74, 6) is 0.585. The van der Waals surface area contributed by atoms with Gasteiger partial charge in [-0.3, -0.25) is 9.48 Å². The van der Waals surface area contributed by atoms with Crippen molar-refractivity contribution in [2.75, 3.05) is 6.54 Å². The molecule has 114 valence electrons. The molecule has 0 bridgehead atoms. The van der Waals surface area contributed by atoms with Crippen LogP contribution in [-0.4, -0.2) is 33.4 Å². The second-order valence-corrected chi connectivity index (χ2v) is 6.08. The summed E-state index contributed by atoms with van der Waals surface area (Å²) in [4.78, 5) is 12.1. The fourth-order valence-electron chi connectivity index (χ4n) is 1.96. The summed E-state index contributed by atoms with van der Waals surface area (Å²) in [5, 5.41) is 16.8. The van der Waals surface area contributed by atoms with Crippen LogP contribution in [0, 0.1) is 18.8 Å². The number of carbonyl (C=O) groups excluding carboxylic acids is 1. The van der Waals surface area contributed by atoms with Crippen LogP contribution in [0.15, 0.2) is 6.20 Å². The number of rotatable bonds is 7. The van der Waals surface area contributed by atoms with E-state index in [0.29, 0.717) is 24.4 Å². The lowest BCUT2D eigenvalue weighted by atomic mass is 10.0. The first-order valence-corrected chi connectivity index (χ1v) is 7.31. The van der Waals surface area contributed by atoms with E-state index in [1.165, 1.54) is 0 Å². The number of carbonyl (C=O) groups is 1. The van der Waals surface area contributed by atoms with E-state index in [4.69, 9.17) is 0 Å². The standard InChI is InChI=1S/C15H27N3O2/c1-10(2)9-18-12(5)13(8-17-18)15(20)16-7-6-14(19)11(3)4/h8,10-11,14,19H,6-7,9H2,1-5H3,(H,16,20). The van der Waals surface area contributed by atoms with Gasteiger partial charge in [0.1, 0.15) is 0 Å². The SMILES string of the molecule is Cc1c(C(=O)NCCC(O)C(C)C)cnn1CC(C)C. The zero-order valence-electron chi connectivity index (χ0n) is 13.2. The van der Waals surface area contributed by atoms with Crippen molar-refractivity contribution < 1.29 is 9.90 Å². The van der Waals surface area contributed by atoms with Gasteiger partial charge in [-0.15, -0.1) is 0 Å². The lowest BCUT2D eigenvalue weighted by molar-refractivity contribution is 0.0919. The molecule has 0 aliphatic rings. The first kappa shape index (κ1) is 16.7. The topological polar surface area (TPSA) is 67.2 Å². The Kier molecular flexibility index (Phi) is 6.20. The van der Waals surface area contributed by atoms with Crippen LogP contribution >= 0.6 is 0 Å². The zero-order valence-corrected chi connectivity index (χ0v) is 13.2. The van der Waals surface area contributed by atoms with Crippen LogP contribution in [0.3, 0.4) is 0 Å². The maximum Gasteiger partial charge on any atom is 0.254 e. The van der Waals surface area contributed by atoms with Crippen LogP contribution in [0.25, 0.3) is 0 Å². The van der Waals surface area contributed by atoms with E-state index >= 15 is 0 Å². The third-order valence-corrected chi connectivity index (χ3v) is 3.38. The Morgan fingerprint density at radius 2 is 2.05 bits per heavy atom. The third-order valence-electron chi connectivity index (χ3n) is 3.38. The van der Waals surface area contributed by atoms with Crippen molar-refractivity contribution in [3.8, 4) is 0 Å². The molecule has 1 unspecified atom stereocenters. The Hall–Kier alpha value is -1.36. The Morgan fingerprint density at radius 3 is 2.60 bits per heavy atom. The molecule has 1 rings (SSSR count). The largest absolute Gasteiger partial charge is 0.393 e. The maximum atomic E-state index is 12.1. The second kappa shape index (κ2) is 7.43. The van der Waals surface area contributed by atoms with Crippen molar-refractivity contribution in [1.29, 1.82) is 0 Å². The van der Waals surface area contributed by atoms with E-state index < -0.39 is 0 Å². The molecule has 1 amide bonds. The molecule has 5 nitrogen and oxygen atoms in total. The monoisotopic (exact) mass is 281 g/mol. The van der Waals surface area contributed by atoms with Crippen LogP contribution in [0.5, 0.6) is 0 Å². The Morgan fingerprint density at radius 1 is 1.40 bits per heavy atom. The molecule has 1 aromatic heterocycles. The maximum absolute atomic E-state index is 12.1. The number of amides is 1. The van der Waals surface area contributed by atoms with Gasteiger partial charge in [-0.1, -0.05) is 27.7 Å². The summed E-state index contributed by atoms with van der Waals surface area (Å²) in [6.45, 7) is 11.4. The van der Waals surface area contributed by atoms with E-state index in [1.807, 2.05) is 25.5 Å². The van der Waals surface area contributed by atoms with Crippen molar-refractivity contribution >= 4 is 5.91 Å². The first-order valence-electron chi connectivity index (χ1n) is 7.31. The van der Waals surface area contributed by atoms with Crippen molar-refractivity contribution in [2.24, 2.45) is 11.8 Å². The molecular formula is C15H27N3O2. The number of hydrogen-bond donors (Lipinski definition) is 2. The van der Waals surface area contributed by atoms with E-state index in [1.54, 1.807) is 6.20 Å². The van der Waals surface area contributed by atoms with Crippen LogP contribution in [0.2, 0.25) is 0 Å². The second-order valence-electron chi connectivity index (χ2n) is 6.08. The molecule has 0 fully saturated rings. The summed E-state index contributed by atoms with van der Waals surface area (Å²) in [6, 6.07) is 0. The average Bonchev–Trinajstić information content (AvgIpc) is 2.70. The van der Waals surface area contributed by atoms with E-state index in [2.05, 4.69) is 24.3 Å². The Balaban J connectivity index is 2.54. The smallest absolute Gasteiger partial charge is 0.254 e. The fourth-order valence-corrected chi connectivity index (χ4v) is 1.96. The van der Waals surface area contributed by atoms with Gasteiger partial charge in [0, 0.05) is 18.8 Å². The molecule has 0 saturated heterocycles. The molecule has 0 saturated carbocycles. The highest BCUT2D eigenvalue weighted by molar-refractivity contribution is 5.94. The molecule has 0 aliphatic heterocycles. The van der Waals surface area contributed by atoms with E-state index in [9.17, 15) is 9.90 Å². The van der Waals surface area contributed by atoms with Crippen molar-refractivity contribution in [3.05, 3.63) is 17.5 Å². The van der Waals surface area contributed by atoms with Crippen molar-refractivity contribution in [3.63, 3.8) is 0 Å². The fraction of sp³-hybridized carbons (Fsp3) is 0.733. The molecule has 1 aromatic rings. The molecule has 0 radical (unpaired) electrons. The number of hydrogen-bond acceptors (Lipinski definition) is 3. The van der Waals surface area contributed by atoms with Gasteiger partial charge in [-0.2, -0.15) is 5.10 Å². The highest BCUT2D eigenvalue weighted by atomic mass is 16.3. The predicted molar refractivity (Wildman–Crippen MR) is 79.6 cm³/mol. The molecule has 1 heterocycles. The zero-order chi connectivity index (χ0) is 15.3. The molecular weight excluding hydrogens is 254 g/mol. The third kappa shape index (κ3) is 4.63. The minimum absolute atomic E-state index is 0.117. The predicted octanol–water partition coefficient (Wildman–Crippen LogP) is 1.98. The highest BCUT2D eigenvalue weighted by Gasteiger charge is 2.15. The minimum Gasteiger partial charge on any atom is -0.393 e. The molecule has 2 N–H and O–H groups in total. The number of nitrogens with zero attached hydrogens (tertiary/aromatic N) is 2. The van der Waals surface area contributed by atoms with Crippen LogP contribution < -0.4 is 5.32 Å². The number of aliphatic hydroxyl groups excluding tert-OH is 1. The summed E-state index contributed by atoms with van der Waals surface area (Å²) in [6.07, 6.45) is 1.81. The van der Waals surface area contributed by atoms with Crippen molar-refractivity contribution in [2.45, 2.75) is 53.7 Å². The normalized spacial score (nSPS) is 13.0. The Labute approximate surface area is 121 Å². The summed E-state index contributed by atoms with van der Waals surface area (Å²) < 4.78 is 1.86. The average molecular weight is 281 g/mol. The summed E-state index contributed by atoms with van der Waals surface area (Å²) >= 11 is 0. The Bertz CT molecular complexity index is 438. The van der Waals surface area contributed by atoms with Crippen molar-refractivity contribution in [1.82, 2.24) is 15.1 Å². The molecule has 0 aromatic carbocycles. The molecule has 0 aliphatic carbocycles. The number of aliphatic hydroxyl groups is 1. The van der Waals surface area contributed by atoms with Crippen LogP contribution in [0.4, 0.5) is 0 Å². The lowest BCUT2D eigenvalue weighted by Crippen LogP contribution is -2.29.